The number of rotatable bonds is 3. The van der Waals surface area contributed by atoms with E-state index in [9.17, 15) is 4.79 Å². The highest BCUT2D eigenvalue weighted by Gasteiger charge is 2.12. The predicted molar refractivity (Wildman–Crippen MR) is 95.7 cm³/mol. The lowest BCUT2D eigenvalue weighted by atomic mass is 10.0. The maximum Gasteiger partial charge on any atom is 0.225 e. The van der Waals surface area contributed by atoms with Crippen molar-refractivity contribution in [3.05, 3.63) is 71.0 Å². The fraction of sp³-hybridized carbons (Fsp3) is 0.190. The average Bonchev–Trinajstić information content (AvgIpc) is 2.99. The van der Waals surface area contributed by atoms with Crippen LogP contribution >= 0.6 is 0 Å². The quantitative estimate of drug-likeness (QED) is 0.747. The molecule has 0 fully saturated rings. The van der Waals surface area contributed by atoms with E-state index in [-0.39, 0.29) is 5.91 Å². The molecule has 0 radical (unpaired) electrons. The largest absolute Gasteiger partial charge is 0.464 e. The summed E-state index contributed by atoms with van der Waals surface area (Å²) in [6.07, 6.45) is 1.97. The summed E-state index contributed by atoms with van der Waals surface area (Å²) in [6, 6.07) is 13.8. The first kappa shape index (κ1) is 15.9. The monoisotopic (exact) mass is 317 g/mol. The van der Waals surface area contributed by atoms with Gasteiger partial charge in [-0.05, 0) is 37.1 Å². The van der Waals surface area contributed by atoms with E-state index in [4.69, 9.17) is 4.42 Å². The van der Waals surface area contributed by atoms with Gasteiger partial charge in [0, 0.05) is 16.5 Å². The van der Waals surface area contributed by atoms with Crippen molar-refractivity contribution in [2.45, 2.75) is 20.3 Å². The third-order valence-corrected chi connectivity index (χ3v) is 4.07. The minimum Gasteiger partial charge on any atom is -0.464 e. The zero-order valence-corrected chi connectivity index (χ0v) is 13.8. The van der Waals surface area contributed by atoms with Gasteiger partial charge >= 0.3 is 0 Å². The molecule has 0 saturated heterocycles. The van der Waals surface area contributed by atoms with Crippen molar-refractivity contribution in [1.82, 2.24) is 5.32 Å². The highest BCUT2D eigenvalue weighted by atomic mass is 16.3. The van der Waals surface area contributed by atoms with Crippen molar-refractivity contribution < 1.29 is 9.21 Å². The Morgan fingerprint density at radius 2 is 1.92 bits per heavy atom. The number of hydrogen-bond acceptors (Lipinski definition) is 2. The molecule has 24 heavy (non-hydrogen) atoms. The number of carbonyl (C=O) groups is 1. The Morgan fingerprint density at radius 1 is 1.12 bits per heavy atom. The molecular weight excluding hydrogens is 298 g/mol. The van der Waals surface area contributed by atoms with Gasteiger partial charge in [-0.15, -0.1) is 0 Å². The zero-order valence-electron chi connectivity index (χ0n) is 13.8. The van der Waals surface area contributed by atoms with Crippen LogP contribution in [0.5, 0.6) is 0 Å². The Bertz CT molecular complexity index is 927. The van der Waals surface area contributed by atoms with Gasteiger partial charge < -0.3 is 9.73 Å². The molecule has 0 saturated carbocycles. The molecule has 0 aliphatic heterocycles. The molecule has 120 valence electrons. The second-order valence-electron chi connectivity index (χ2n) is 5.77. The number of aryl methyl sites for hydroxylation is 2. The van der Waals surface area contributed by atoms with Crippen LogP contribution in [0.4, 0.5) is 0 Å². The minimum absolute atomic E-state index is 0.0571. The summed E-state index contributed by atoms with van der Waals surface area (Å²) < 4.78 is 5.64. The Morgan fingerprint density at radius 3 is 2.71 bits per heavy atom. The summed E-state index contributed by atoms with van der Waals surface area (Å²) in [5, 5.41) is 3.83. The molecule has 1 heterocycles. The van der Waals surface area contributed by atoms with E-state index in [1.165, 1.54) is 5.56 Å². The standard InChI is InChI=1S/C21H19NO2/c1-15-10-11-19-18(14-24-21(19)16(15)2)13-20(23)22-12-6-9-17-7-4-3-5-8-17/h3-5,7-8,10-11,14H,12-13H2,1-2H3,(H,22,23). The molecule has 1 amide bonds. The van der Waals surface area contributed by atoms with Crippen LogP contribution in [0.1, 0.15) is 22.3 Å². The normalized spacial score (nSPS) is 10.2. The van der Waals surface area contributed by atoms with E-state index in [1.54, 1.807) is 6.26 Å². The Hall–Kier alpha value is -2.99. The van der Waals surface area contributed by atoms with Crippen LogP contribution in [-0.2, 0) is 11.2 Å². The molecule has 0 bridgehead atoms. The van der Waals surface area contributed by atoms with Crippen LogP contribution in [0.25, 0.3) is 11.0 Å². The first-order valence-corrected chi connectivity index (χ1v) is 7.92. The second kappa shape index (κ2) is 7.06. The molecule has 3 nitrogen and oxygen atoms in total. The van der Waals surface area contributed by atoms with Gasteiger partial charge in [-0.1, -0.05) is 42.2 Å². The second-order valence-corrected chi connectivity index (χ2v) is 5.77. The number of furan rings is 1. The van der Waals surface area contributed by atoms with Crippen molar-refractivity contribution in [3.8, 4) is 11.8 Å². The summed E-state index contributed by atoms with van der Waals surface area (Å²) in [4.78, 5) is 12.1. The molecule has 3 rings (SSSR count). The lowest BCUT2D eigenvalue weighted by Gasteiger charge is -2.02. The molecule has 1 aromatic heterocycles. The molecule has 2 aromatic carbocycles. The van der Waals surface area contributed by atoms with E-state index in [0.29, 0.717) is 13.0 Å². The Labute approximate surface area is 141 Å². The van der Waals surface area contributed by atoms with Crippen LogP contribution < -0.4 is 5.32 Å². The van der Waals surface area contributed by atoms with Gasteiger partial charge in [0.15, 0.2) is 0 Å². The van der Waals surface area contributed by atoms with Gasteiger partial charge in [-0.2, -0.15) is 0 Å². The third-order valence-electron chi connectivity index (χ3n) is 4.07. The molecule has 0 unspecified atom stereocenters. The van der Waals surface area contributed by atoms with Crippen LogP contribution in [0.2, 0.25) is 0 Å². The number of nitrogens with one attached hydrogen (secondary N) is 1. The molecular formula is C21H19NO2. The predicted octanol–water partition coefficient (Wildman–Crippen LogP) is 3.76. The lowest BCUT2D eigenvalue weighted by molar-refractivity contribution is -0.120. The molecule has 0 aliphatic rings. The highest BCUT2D eigenvalue weighted by Crippen LogP contribution is 2.26. The molecule has 0 aliphatic carbocycles. The zero-order chi connectivity index (χ0) is 16.9. The number of amides is 1. The molecule has 0 atom stereocenters. The third kappa shape index (κ3) is 3.49. The minimum atomic E-state index is -0.0571. The van der Waals surface area contributed by atoms with Crippen molar-refractivity contribution in [2.24, 2.45) is 0 Å². The van der Waals surface area contributed by atoms with Crippen LogP contribution in [0.3, 0.4) is 0 Å². The van der Waals surface area contributed by atoms with Gasteiger partial charge in [0.05, 0.1) is 19.2 Å². The fourth-order valence-electron chi connectivity index (χ4n) is 2.57. The van der Waals surface area contributed by atoms with E-state index < -0.39 is 0 Å². The number of carbonyl (C=O) groups excluding carboxylic acids is 1. The maximum absolute atomic E-state index is 12.1. The van der Waals surface area contributed by atoms with E-state index in [2.05, 4.69) is 30.1 Å². The van der Waals surface area contributed by atoms with E-state index in [1.807, 2.05) is 43.3 Å². The van der Waals surface area contributed by atoms with Gasteiger partial charge in [0.1, 0.15) is 5.58 Å². The average molecular weight is 317 g/mol. The van der Waals surface area contributed by atoms with Crippen LogP contribution in [-0.4, -0.2) is 12.5 Å². The maximum atomic E-state index is 12.1. The number of hydrogen-bond donors (Lipinski definition) is 1. The van der Waals surface area contributed by atoms with Crippen molar-refractivity contribution in [3.63, 3.8) is 0 Å². The number of fused-ring (bicyclic) bond motifs is 1. The van der Waals surface area contributed by atoms with Crippen molar-refractivity contribution in [2.75, 3.05) is 6.54 Å². The number of benzene rings is 2. The molecule has 3 heteroatoms. The highest BCUT2D eigenvalue weighted by molar-refractivity contribution is 5.89. The van der Waals surface area contributed by atoms with Gasteiger partial charge in [0.25, 0.3) is 0 Å². The van der Waals surface area contributed by atoms with Gasteiger partial charge in [-0.3, -0.25) is 4.79 Å². The van der Waals surface area contributed by atoms with E-state index >= 15 is 0 Å². The fourth-order valence-corrected chi connectivity index (χ4v) is 2.57. The summed E-state index contributed by atoms with van der Waals surface area (Å²) in [5.74, 6) is 5.92. The van der Waals surface area contributed by atoms with Crippen LogP contribution in [0, 0.1) is 25.7 Å². The molecule has 0 spiro atoms. The SMILES string of the molecule is Cc1ccc2c(CC(=O)NCC#Cc3ccccc3)coc2c1C. The van der Waals surface area contributed by atoms with Crippen molar-refractivity contribution in [1.29, 1.82) is 0 Å². The van der Waals surface area contributed by atoms with E-state index in [0.717, 1.165) is 27.7 Å². The Kier molecular flexibility index (Phi) is 4.67. The topological polar surface area (TPSA) is 42.2 Å². The first-order valence-electron chi connectivity index (χ1n) is 7.92. The van der Waals surface area contributed by atoms with Gasteiger partial charge in [-0.25, -0.2) is 0 Å². The summed E-state index contributed by atoms with van der Waals surface area (Å²) in [6.45, 7) is 4.42. The molecule has 1 N–H and O–H groups in total. The molecule has 3 aromatic rings. The summed E-state index contributed by atoms with van der Waals surface area (Å²) in [5.41, 5.74) is 5.01. The first-order chi connectivity index (χ1) is 11.6. The van der Waals surface area contributed by atoms with Crippen LogP contribution in [0.15, 0.2) is 53.1 Å². The summed E-state index contributed by atoms with van der Waals surface area (Å²) >= 11 is 0. The summed E-state index contributed by atoms with van der Waals surface area (Å²) in [7, 11) is 0. The van der Waals surface area contributed by atoms with Crippen molar-refractivity contribution >= 4 is 16.9 Å². The van der Waals surface area contributed by atoms with Gasteiger partial charge in [0.2, 0.25) is 5.91 Å². The Balaban J connectivity index is 1.62. The smallest absolute Gasteiger partial charge is 0.225 e. The lowest BCUT2D eigenvalue weighted by Crippen LogP contribution is -2.25.